The van der Waals surface area contributed by atoms with Gasteiger partial charge in [0.1, 0.15) is 12.4 Å². The van der Waals surface area contributed by atoms with E-state index in [1.807, 2.05) is 30.3 Å². The lowest BCUT2D eigenvalue weighted by Crippen LogP contribution is -2.48. The second-order valence-corrected chi connectivity index (χ2v) is 9.07. The van der Waals surface area contributed by atoms with Gasteiger partial charge in [-0.25, -0.2) is 9.78 Å². The molecule has 0 unspecified atom stereocenters. The summed E-state index contributed by atoms with van der Waals surface area (Å²) < 4.78 is 12.7. The Labute approximate surface area is 201 Å². The Morgan fingerprint density at radius 2 is 1.94 bits per heavy atom. The minimum absolute atomic E-state index is 0.0443. The van der Waals surface area contributed by atoms with Gasteiger partial charge in [-0.3, -0.25) is 9.59 Å². The summed E-state index contributed by atoms with van der Waals surface area (Å²) in [4.78, 5) is 55.5. The van der Waals surface area contributed by atoms with Gasteiger partial charge in [0.25, 0.3) is 11.2 Å². The number of Topliss-reactive ketones (excluding diaryl/α,β-unsaturated/α-hetero) is 1. The molecule has 178 valence electrons. The van der Waals surface area contributed by atoms with Gasteiger partial charge in [-0.2, -0.15) is 0 Å². The van der Waals surface area contributed by atoms with Crippen molar-refractivity contribution in [3.05, 3.63) is 75.6 Å². The van der Waals surface area contributed by atoms with Crippen LogP contribution in [-0.2, 0) is 42.6 Å². The molecule has 0 fully saturated rings. The van der Waals surface area contributed by atoms with Crippen LogP contribution in [0.25, 0.3) is 22.3 Å². The van der Waals surface area contributed by atoms with Gasteiger partial charge in [-0.1, -0.05) is 24.8 Å². The number of pyridine rings is 2. The third-order valence-corrected chi connectivity index (χ3v) is 6.57. The molecule has 1 aromatic carbocycles. The molecule has 1 atom stereocenters. The van der Waals surface area contributed by atoms with E-state index in [2.05, 4.69) is 6.58 Å². The van der Waals surface area contributed by atoms with Crippen LogP contribution in [0.4, 0.5) is 0 Å². The maximum absolute atomic E-state index is 13.6. The van der Waals surface area contributed by atoms with Gasteiger partial charge in [-0.05, 0) is 44.0 Å². The van der Waals surface area contributed by atoms with Crippen LogP contribution in [0.1, 0.15) is 49.8 Å². The van der Waals surface area contributed by atoms with Crippen LogP contribution in [0.15, 0.2) is 53.3 Å². The molecule has 2 aliphatic rings. The fraction of sp³-hybridized carbons (Fsp3) is 0.296. The van der Waals surface area contributed by atoms with E-state index in [4.69, 9.17) is 14.5 Å². The number of para-hydroxylation sites is 1. The first-order chi connectivity index (χ1) is 16.7. The van der Waals surface area contributed by atoms with Crippen molar-refractivity contribution in [3.8, 4) is 11.4 Å². The van der Waals surface area contributed by atoms with E-state index in [0.29, 0.717) is 24.4 Å². The van der Waals surface area contributed by atoms with Crippen LogP contribution in [0, 0.1) is 0 Å². The monoisotopic (exact) mass is 472 g/mol. The molecular formula is C27H24N2O6. The molecule has 0 spiro atoms. The van der Waals surface area contributed by atoms with Gasteiger partial charge in [0, 0.05) is 29.4 Å². The Balaban J connectivity index is 1.65. The number of hydrogen-bond donors (Lipinski definition) is 0. The fourth-order valence-electron chi connectivity index (χ4n) is 4.81. The summed E-state index contributed by atoms with van der Waals surface area (Å²) in [5.41, 5.74) is 1.29. The zero-order valence-electron chi connectivity index (χ0n) is 19.6. The lowest BCUT2D eigenvalue weighted by atomic mass is 9.82. The third kappa shape index (κ3) is 3.56. The number of carbonyl (C=O) groups is 3. The molecule has 2 aliphatic heterocycles. The Hall–Kier alpha value is -4.07. The largest absolute Gasteiger partial charge is 0.457 e. The Bertz CT molecular complexity index is 1500. The van der Waals surface area contributed by atoms with Crippen molar-refractivity contribution in [2.24, 2.45) is 0 Å². The molecule has 8 nitrogen and oxygen atoms in total. The van der Waals surface area contributed by atoms with E-state index in [0.717, 1.165) is 16.5 Å². The van der Waals surface area contributed by atoms with Gasteiger partial charge >= 0.3 is 11.9 Å². The van der Waals surface area contributed by atoms with Gasteiger partial charge < -0.3 is 18.8 Å². The zero-order chi connectivity index (χ0) is 24.9. The predicted molar refractivity (Wildman–Crippen MR) is 127 cm³/mol. The second kappa shape index (κ2) is 8.30. The van der Waals surface area contributed by atoms with Crippen molar-refractivity contribution in [1.29, 1.82) is 0 Å². The van der Waals surface area contributed by atoms with Gasteiger partial charge in [-0.15, -0.1) is 0 Å². The minimum atomic E-state index is -1.95. The maximum Gasteiger partial charge on any atom is 0.360 e. The minimum Gasteiger partial charge on any atom is -0.457 e. The Kier molecular flexibility index (Phi) is 5.39. The summed E-state index contributed by atoms with van der Waals surface area (Å²) in [6, 6.07) is 11.4. The summed E-state index contributed by atoms with van der Waals surface area (Å²) in [7, 11) is 0. The summed E-state index contributed by atoms with van der Waals surface area (Å²) in [5.74, 6) is -1.52. The number of carbonyl (C=O) groups excluding carboxylic acids is 3. The number of aromatic nitrogens is 2. The summed E-state index contributed by atoms with van der Waals surface area (Å²) in [6.45, 7) is 7.03. The number of ether oxygens (including phenoxy) is 2. The number of hydrogen-bond acceptors (Lipinski definition) is 7. The molecule has 3 aromatic rings. The number of ketones is 1. The first kappa shape index (κ1) is 22.7. The van der Waals surface area contributed by atoms with Crippen molar-refractivity contribution >= 4 is 28.6 Å². The van der Waals surface area contributed by atoms with Crippen LogP contribution in [0.3, 0.4) is 0 Å². The molecule has 4 heterocycles. The summed E-state index contributed by atoms with van der Waals surface area (Å²) in [6.07, 6.45) is 0.457. The highest BCUT2D eigenvalue weighted by Gasteiger charge is 2.52. The number of fused-ring (bicyclic) bond motifs is 5. The lowest BCUT2D eigenvalue weighted by Gasteiger charge is -2.36. The smallest absolute Gasteiger partial charge is 0.360 e. The number of benzene rings is 1. The number of cyclic esters (lactones) is 1. The van der Waals surface area contributed by atoms with Gasteiger partial charge in [0.15, 0.2) is 0 Å². The molecule has 0 radical (unpaired) electrons. The average Bonchev–Trinajstić information content (AvgIpc) is 3.17. The standard InChI is InChI=1S/C27H24N2O6/c1-15(2)27(35-23(31)10-6-7-16(3)30)20-12-22-24-18(11-17-8-4-5-9-21(17)28-24)13-29(22)25(32)19(20)14-34-26(27)33/h4-5,8-9,11-12H,1,6-7,10,13-14H2,2-3H3/t27-/m0/s1. The molecular weight excluding hydrogens is 448 g/mol. The van der Waals surface area contributed by atoms with E-state index >= 15 is 0 Å². The lowest BCUT2D eigenvalue weighted by molar-refractivity contribution is -0.183. The molecule has 0 amide bonds. The fourth-order valence-corrected chi connectivity index (χ4v) is 4.81. The van der Waals surface area contributed by atoms with E-state index in [-0.39, 0.29) is 47.5 Å². The van der Waals surface area contributed by atoms with E-state index in [9.17, 15) is 19.2 Å². The summed E-state index contributed by atoms with van der Waals surface area (Å²) in [5, 5.41) is 0.964. The molecule has 0 saturated heterocycles. The predicted octanol–water partition coefficient (Wildman–Crippen LogP) is 3.56. The third-order valence-electron chi connectivity index (χ3n) is 6.57. The molecule has 0 N–H and O–H groups in total. The highest BCUT2D eigenvalue weighted by Crippen LogP contribution is 2.42. The summed E-state index contributed by atoms with van der Waals surface area (Å²) >= 11 is 0. The highest BCUT2D eigenvalue weighted by atomic mass is 16.6. The zero-order valence-corrected chi connectivity index (χ0v) is 19.6. The van der Waals surface area contributed by atoms with Crippen molar-refractivity contribution in [1.82, 2.24) is 9.55 Å². The van der Waals surface area contributed by atoms with E-state index < -0.39 is 17.5 Å². The Morgan fingerprint density at radius 1 is 1.17 bits per heavy atom. The molecule has 35 heavy (non-hydrogen) atoms. The van der Waals surface area contributed by atoms with Crippen LogP contribution in [-0.4, -0.2) is 27.3 Å². The van der Waals surface area contributed by atoms with Crippen molar-refractivity contribution in [3.63, 3.8) is 0 Å². The van der Waals surface area contributed by atoms with Crippen LogP contribution in [0.2, 0.25) is 0 Å². The second-order valence-electron chi connectivity index (χ2n) is 9.07. The molecule has 5 rings (SSSR count). The molecule has 2 aromatic heterocycles. The molecule has 8 heteroatoms. The van der Waals surface area contributed by atoms with Crippen LogP contribution >= 0.6 is 0 Å². The number of esters is 2. The maximum atomic E-state index is 13.6. The Morgan fingerprint density at radius 3 is 2.69 bits per heavy atom. The molecule has 0 saturated carbocycles. The average molecular weight is 472 g/mol. The number of rotatable bonds is 6. The molecule has 0 bridgehead atoms. The SMILES string of the molecule is C=C(C)[C@@]1(OC(=O)CCCC(C)=O)C(=O)OCc2c1cc1n(c2=O)Cc2cc3ccccc3nc2-1. The van der Waals surface area contributed by atoms with Gasteiger partial charge in [0.2, 0.25) is 0 Å². The van der Waals surface area contributed by atoms with Crippen molar-refractivity contribution < 1.29 is 23.9 Å². The highest BCUT2D eigenvalue weighted by molar-refractivity contribution is 5.91. The normalized spacial score (nSPS) is 17.8. The van der Waals surface area contributed by atoms with Crippen LogP contribution < -0.4 is 5.56 Å². The van der Waals surface area contributed by atoms with Crippen LogP contribution in [0.5, 0.6) is 0 Å². The first-order valence-electron chi connectivity index (χ1n) is 11.4. The van der Waals surface area contributed by atoms with Gasteiger partial charge in [0.05, 0.1) is 29.0 Å². The molecule has 0 aliphatic carbocycles. The number of nitrogens with zero attached hydrogens (tertiary/aromatic N) is 2. The quantitative estimate of drug-likeness (QED) is 0.312. The van der Waals surface area contributed by atoms with Crippen molar-refractivity contribution in [2.75, 3.05) is 0 Å². The van der Waals surface area contributed by atoms with Crippen molar-refractivity contribution in [2.45, 2.75) is 51.9 Å². The van der Waals surface area contributed by atoms with E-state index in [1.165, 1.54) is 6.92 Å². The topological polar surface area (TPSA) is 105 Å². The van der Waals surface area contributed by atoms with E-state index in [1.54, 1.807) is 17.6 Å². The first-order valence-corrected chi connectivity index (χ1v) is 11.4.